The van der Waals surface area contributed by atoms with E-state index in [4.69, 9.17) is 5.73 Å². The summed E-state index contributed by atoms with van der Waals surface area (Å²) in [5, 5.41) is 6.32. The predicted octanol–water partition coefficient (Wildman–Crippen LogP) is 2.67. The summed E-state index contributed by atoms with van der Waals surface area (Å²) in [6, 6.07) is 1.90. The fourth-order valence-electron chi connectivity index (χ4n) is 1.55. The van der Waals surface area contributed by atoms with Crippen molar-refractivity contribution in [3.63, 3.8) is 0 Å². The Hall–Kier alpha value is -1.34. The van der Waals surface area contributed by atoms with Gasteiger partial charge in [-0.25, -0.2) is 9.97 Å². The summed E-state index contributed by atoms with van der Waals surface area (Å²) in [7, 11) is 0. The van der Waals surface area contributed by atoms with Crippen molar-refractivity contribution >= 4 is 45.0 Å². The molecule has 0 fully saturated rings. The van der Waals surface area contributed by atoms with Crippen LogP contribution in [0.4, 0.5) is 5.82 Å². The fourth-order valence-corrected chi connectivity index (χ4v) is 3.04. The summed E-state index contributed by atoms with van der Waals surface area (Å²) < 4.78 is 0. The van der Waals surface area contributed by atoms with Gasteiger partial charge in [-0.1, -0.05) is 18.7 Å². The Bertz CT molecular complexity index is 624. The highest BCUT2D eigenvalue weighted by Crippen LogP contribution is 2.26. The molecule has 0 radical (unpaired) electrons. The number of anilines is 1. The number of nitrogens with zero attached hydrogens (tertiary/aromatic N) is 2. The van der Waals surface area contributed by atoms with Gasteiger partial charge in [0, 0.05) is 5.54 Å². The molecule has 2 heterocycles. The quantitative estimate of drug-likeness (QED) is 0.655. The first-order valence-corrected chi connectivity index (χ1v) is 8.22. The largest absolute Gasteiger partial charge is 0.383 e. The molecule has 0 atom stereocenters. The molecule has 2 aromatic heterocycles. The smallest absolute Gasteiger partial charge is 0.230 e. The zero-order valence-electron chi connectivity index (χ0n) is 11.8. The van der Waals surface area contributed by atoms with Crippen LogP contribution in [-0.4, -0.2) is 27.2 Å². The third-order valence-corrected chi connectivity index (χ3v) is 4.68. The number of aromatic nitrogens is 2. The zero-order chi connectivity index (χ0) is 14.8. The first-order chi connectivity index (χ1) is 9.41. The molecule has 0 aromatic carbocycles. The average molecular weight is 310 g/mol. The van der Waals surface area contributed by atoms with Crippen LogP contribution in [0.15, 0.2) is 16.6 Å². The van der Waals surface area contributed by atoms with Gasteiger partial charge in [-0.3, -0.25) is 4.79 Å². The number of thiophene rings is 1. The standard InChI is InChI=1S/C13H18N4OS2/c1-4-13(2,3)17-9(18)7-20-12-15-10(14)8-5-6-19-11(8)16-12/h5-6H,4,7H2,1-3H3,(H,17,18)(H2,14,15,16). The zero-order valence-corrected chi connectivity index (χ0v) is 13.4. The van der Waals surface area contributed by atoms with Crippen LogP contribution in [0.3, 0.4) is 0 Å². The second-order valence-electron chi connectivity index (χ2n) is 5.11. The highest BCUT2D eigenvalue weighted by molar-refractivity contribution is 7.99. The number of amides is 1. The van der Waals surface area contributed by atoms with Crippen molar-refractivity contribution < 1.29 is 4.79 Å². The second kappa shape index (κ2) is 5.97. The molecule has 2 aromatic rings. The Kier molecular flexibility index (Phi) is 4.49. The number of hydrogen-bond donors (Lipinski definition) is 2. The third-order valence-electron chi connectivity index (χ3n) is 3.03. The van der Waals surface area contributed by atoms with Gasteiger partial charge in [0.2, 0.25) is 5.91 Å². The van der Waals surface area contributed by atoms with Crippen molar-refractivity contribution in [3.8, 4) is 0 Å². The lowest BCUT2D eigenvalue weighted by Gasteiger charge is -2.24. The SMILES string of the molecule is CCC(C)(C)NC(=O)CSc1nc(N)c2ccsc2n1. The van der Waals surface area contributed by atoms with Gasteiger partial charge in [0.05, 0.1) is 11.1 Å². The highest BCUT2D eigenvalue weighted by Gasteiger charge is 2.18. The van der Waals surface area contributed by atoms with Crippen LogP contribution in [0, 0.1) is 0 Å². The first kappa shape index (κ1) is 15.1. The monoisotopic (exact) mass is 310 g/mol. The van der Waals surface area contributed by atoms with Crippen LogP contribution < -0.4 is 11.1 Å². The summed E-state index contributed by atoms with van der Waals surface area (Å²) >= 11 is 2.82. The van der Waals surface area contributed by atoms with E-state index in [1.165, 1.54) is 23.1 Å². The van der Waals surface area contributed by atoms with Crippen LogP contribution in [0.5, 0.6) is 0 Å². The molecule has 0 spiro atoms. The molecule has 2 rings (SSSR count). The van der Waals surface area contributed by atoms with Crippen molar-refractivity contribution in [2.24, 2.45) is 0 Å². The fraction of sp³-hybridized carbons (Fsp3) is 0.462. The minimum absolute atomic E-state index is 0.0182. The summed E-state index contributed by atoms with van der Waals surface area (Å²) in [6.07, 6.45) is 0.883. The van der Waals surface area contributed by atoms with Crippen LogP contribution in [0.2, 0.25) is 0 Å². The van der Waals surface area contributed by atoms with Gasteiger partial charge in [0.25, 0.3) is 0 Å². The Morgan fingerprint density at radius 2 is 2.25 bits per heavy atom. The van der Waals surface area contributed by atoms with Gasteiger partial charge in [-0.15, -0.1) is 11.3 Å². The number of hydrogen-bond acceptors (Lipinski definition) is 6. The molecule has 5 nitrogen and oxygen atoms in total. The minimum atomic E-state index is -0.185. The van der Waals surface area contributed by atoms with Crippen LogP contribution >= 0.6 is 23.1 Å². The number of fused-ring (bicyclic) bond motifs is 1. The van der Waals surface area contributed by atoms with Gasteiger partial charge in [-0.2, -0.15) is 0 Å². The lowest BCUT2D eigenvalue weighted by molar-refractivity contribution is -0.120. The Balaban J connectivity index is 2.00. The van der Waals surface area contributed by atoms with E-state index in [0.717, 1.165) is 16.6 Å². The Morgan fingerprint density at radius 1 is 1.50 bits per heavy atom. The molecule has 0 aliphatic carbocycles. The molecule has 7 heteroatoms. The molecule has 0 aliphatic rings. The van der Waals surface area contributed by atoms with Crippen LogP contribution in [-0.2, 0) is 4.79 Å². The highest BCUT2D eigenvalue weighted by atomic mass is 32.2. The van der Waals surface area contributed by atoms with Crippen molar-refractivity contribution in [2.75, 3.05) is 11.5 Å². The molecule has 3 N–H and O–H groups in total. The Labute approximate surface area is 126 Å². The lowest BCUT2D eigenvalue weighted by atomic mass is 10.0. The van der Waals surface area contributed by atoms with Crippen molar-refractivity contribution in [3.05, 3.63) is 11.4 Å². The van der Waals surface area contributed by atoms with E-state index < -0.39 is 0 Å². The van der Waals surface area contributed by atoms with Gasteiger partial charge in [0.15, 0.2) is 5.16 Å². The first-order valence-electron chi connectivity index (χ1n) is 6.36. The Morgan fingerprint density at radius 3 is 2.95 bits per heavy atom. The van der Waals surface area contributed by atoms with Gasteiger partial charge in [-0.05, 0) is 31.7 Å². The number of nitrogens with one attached hydrogen (secondary N) is 1. The molecule has 0 bridgehead atoms. The van der Waals surface area contributed by atoms with Crippen molar-refractivity contribution in [1.29, 1.82) is 0 Å². The lowest BCUT2D eigenvalue weighted by Crippen LogP contribution is -2.43. The number of thioether (sulfide) groups is 1. The van der Waals surface area contributed by atoms with E-state index in [2.05, 4.69) is 15.3 Å². The number of rotatable bonds is 5. The van der Waals surface area contributed by atoms with Crippen LogP contribution in [0.25, 0.3) is 10.2 Å². The molecule has 0 saturated heterocycles. The van der Waals surface area contributed by atoms with E-state index >= 15 is 0 Å². The third kappa shape index (κ3) is 3.61. The number of carbonyl (C=O) groups excluding carboxylic acids is 1. The van der Waals surface area contributed by atoms with E-state index in [1.807, 2.05) is 32.2 Å². The molecular formula is C13H18N4OS2. The number of carbonyl (C=O) groups is 1. The molecule has 20 heavy (non-hydrogen) atoms. The summed E-state index contributed by atoms with van der Waals surface area (Å²) in [4.78, 5) is 21.3. The van der Waals surface area contributed by atoms with E-state index in [0.29, 0.717) is 16.7 Å². The van der Waals surface area contributed by atoms with E-state index in [1.54, 1.807) is 0 Å². The van der Waals surface area contributed by atoms with Gasteiger partial charge < -0.3 is 11.1 Å². The van der Waals surface area contributed by atoms with E-state index in [-0.39, 0.29) is 11.4 Å². The summed E-state index contributed by atoms with van der Waals surface area (Å²) in [5.74, 6) is 0.739. The molecule has 1 amide bonds. The maximum absolute atomic E-state index is 11.9. The summed E-state index contributed by atoms with van der Waals surface area (Å²) in [6.45, 7) is 6.05. The second-order valence-corrected chi connectivity index (χ2v) is 6.94. The molecule has 0 saturated carbocycles. The molecule has 108 valence electrons. The maximum atomic E-state index is 11.9. The topological polar surface area (TPSA) is 80.9 Å². The maximum Gasteiger partial charge on any atom is 0.230 e. The van der Waals surface area contributed by atoms with Crippen LogP contribution in [0.1, 0.15) is 27.2 Å². The molecule has 0 aliphatic heterocycles. The van der Waals surface area contributed by atoms with Gasteiger partial charge in [0.1, 0.15) is 10.6 Å². The average Bonchev–Trinajstić information content (AvgIpc) is 2.85. The van der Waals surface area contributed by atoms with Crippen molar-refractivity contribution in [2.45, 2.75) is 37.9 Å². The molecular weight excluding hydrogens is 292 g/mol. The number of nitrogen functional groups attached to an aromatic ring is 1. The van der Waals surface area contributed by atoms with E-state index in [9.17, 15) is 4.79 Å². The van der Waals surface area contributed by atoms with Gasteiger partial charge >= 0.3 is 0 Å². The minimum Gasteiger partial charge on any atom is -0.383 e. The normalized spacial score (nSPS) is 11.8. The molecule has 0 unspecified atom stereocenters. The predicted molar refractivity (Wildman–Crippen MR) is 85.1 cm³/mol. The number of nitrogens with two attached hydrogens (primary N) is 1. The summed E-state index contributed by atoms with van der Waals surface area (Å²) in [5.41, 5.74) is 5.69. The van der Waals surface area contributed by atoms with Crippen molar-refractivity contribution in [1.82, 2.24) is 15.3 Å².